The van der Waals surface area contributed by atoms with E-state index in [9.17, 15) is 9.18 Å². The molecule has 0 bridgehead atoms. The predicted octanol–water partition coefficient (Wildman–Crippen LogP) is 2.37. The molecule has 6 heteroatoms. The van der Waals surface area contributed by atoms with Crippen molar-refractivity contribution in [1.29, 1.82) is 0 Å². The van der Waals surface area contributed by atoms with Gasteiger partial charge in [0.25, 0.3) is 5.91 Å². The number of benzene rings is 1. The van der Waals surface area contributed by atoms with Gasteiger partial charge in [0.2, 0.25) is 0 Å². The molecule has 0 aliphatic carbocycles. The average Bonchev–Trinajstić information content (AvgIpc) is 2.76. The highest BCUT2D eigenvalue weighted by Crippen LogP contribution is 2.22. The summed E-state index contributed by atoms with van der Waals surface area (Å²) in [5.41, 5.74) is 8.12. The van der Waals surface area contributed by atoms with E-state index in [1.807, 2.05) is 13.8 Å². The summed E-state index contributed by atoms with van der Waals surface area (Å²) in [5.74, 6) is -0.577. The van der Waals surface area contributed by atoms with E-state index in [2.05, 4.69) is 5.10 Å². The number of hydrogen-bond donors (Lipinski definition) is 1. The minimum atomic E-state index is -0.337. The van der Waals surface area contributed by atoms with Crippen molar-refractivity contribution in [3.05, 3.63) is 41.5 Å². The number of nitrogen functional groups attached to an aromatic ring is 1. The van der Waals surface area contributed by atoms with E-state index in [4.69, 9.17) is 5.73 Å². The van der Waals surface area contributed by atoms with Gasteiger partial charge in [0.1, 0.15) is 11.5 Å². The van der Waals surface area contributed by atoms with Crippen LogP contribution in [0.25, 0.3) is 0 Å². The number of aryl methyl sites for hydroxylation is 2. The van der Waals surface area contributed by atoms with Gasteiger partial charge < -0.3 is 10.6 Å². The van der Waals surface area contributed by atoms with Crippen molar-refractivity contribution in [3.63, 3.8) is 0 Å². The molecule has 0 saturated carbocycles. The summed E-state index contributed by atoms with van der Waals surface area (Å²) in [4.78, 5) is 14.3. The molecule has 0 fully saturated rings. The lowest BCUT2D eigenvalue weighted by atomic mass is 10.2. The Hall–Kier alpha value is -2.37. The topological polar surface area (TPSA) is 64.2 Å². The molecule has 2 N–H and O–H groups in total. The number of amides is 1. The maximum atomic E-state index is 13.0. The fourth-order valence-electron chi connectivity index (χ4n) is 2.30. The Kier molecular flexibility index (Phi) is 4.26. The molecule has 0 aliphatic rings. The molecule has 1 amide bonds. The van der Waals surface area contributed by atoms with Gasteiger partial charge in [-0.3, -0.25) is 9.48 Å². The van der Waals surface area contributed by atoms with E-state index >= 15 is 0 Å². The summed E-state index contributed by atoms with van der Waals surface area (Å²) < 4.78 is 14.5. The van der Waals surface area contributed by atoms with E-state index in [1.54, 1.807) is 24.1 Å². The smallest absolute Gasteiger partial charge is 0.278 e. The van der Waals surface area contributed by atoms with Crippen LogP contribution in [-0.2, 0) is 13.5 Å². The third kappa shape index (κ3) is 2.74. The Balaban J connectivity index is 2.41. The maximum Gasteiger partial charge on any atom is 0.278 e. The standard InChI is InChI=1S/C15H19FN4O/c1-4-12-13(17)14(19(3)18-12)15(21)20(5-2)11-8-6-10(16)7-9-11/h6-9H,4-5,17H2,1-3H3. The second kappa shape index (κ2) is 5.95. The molecule has 5 nitrogen and oxygen atoms in total. The molecule has 0 radical (unpaired) electrons. The van der Waals surface area contributed by atoms with Gasteiger partial charge in [0.05, 0.1) is 11.4 Å². The first-order chi connectivity index (χ1) is 9.99. The summed E-state index contributed by atoms with van der Waals surface area (Å²) >= 11 is 0. The summed E-state index contributed by atoms with van der Waals surface area (Å²) in [5, 5.41) is 4.26. The Morgan fingerprint density at radius 1 is 1.33 bits per heavy atom. The van der Waals surface area contributed by atoms with Gasteiger partial charge in [0.15, 0.2) is 0 Å². The first-order valence-corrected chi connectivity index (χ1v) is 6.88. The zero-order valence-corrected chi connectivity index (χ0v) is 12.4. The molecule has 0 saturated heterocycles. The SMILES string of the molecule is CCc1nn(C)c(C(=O)N(CC)c2ccc(F)cc2)c1N. The molecule has 0 aliphatic heterocycles. The molecule has 1 aromatic carbocycles. The van der Waals surface area contributed by atoms with Gasteiger partial charge >= 0.3 is 0 Å². The normalized spacial score (nSPS) is 10.7. The van der Waals surface area contributed by atoms with E-state index in [0.717, 1.165) is 0 Å². The van der Waals surface area contributed by atoms with Crippen LogP contribution in [0.3, 0.4) is 0 Å². The summed E-state index contributed by atoms with van der Waals surface area (Å²) in [7, 11) is 1.70. The van der Waals surface area contributed by atoms with Crippen LogP contribution >= 0.6 is 0 Å². The largest absolute Gasteiger partial charge is 0.395 e. The lowest BCUT2D eigenvalue weighted by Gasteiger charge is -2.21. The van der Waals surface area contributed by atoms with Crippen LogP contribution in [0.15, 0.2) is 24.3 Å². The number of carbonyl (C=O) groups is 1. The third-order valence-electron chi connectivity index (χ3n) is 3.40. The third-order valence-corrected chi connectivity index (χ3v) is 3.40. The predicted molar refractivity (Wildman–Crippen MR) is 80.7 cm³/mol. The van der Waals surface area contributed by atoms with Gasteiger partial charge in [-0.05, 0) is 37.6 Å². The number of carbonyl (C=O) groups excluding carboxylic acids is 1. The molecular formula is C15H19FN4O. The van der Waals surface area contributed by atoms with Crippen molar-refractivity contribution in [2.75, 3.05) is 17.2 Å². The Morgan fingerprint density at radius 2 is 1.95 bits per heavy atom. The highest BCUT2D eigenvalue weighted by atomic mass is 19.1. The monoisotopic (exact) mass is 290 g/mol. The lowest BCUT2D eigenvalue weighted by molar-refractivity contribution is 0.0980. The average molecular weight is 290 g/mol. The van der Waals surface area contributed by atoms with Crippen molar-refractivity contribution < 1.29 is 9.18 Å². The lowest BCUT2D eigenvalue weighted by Crippen LogP contribution is -2.32. The highest BCUT2D eigenvalue weighted by molar-refractivity contribution is 6.08. The fraction of sp³-hybridized carbons (Fsp3) is 0.333. The van der Waals surface area contributed by atoms with Gasteiger partial charge in [-0.1, -0.05) is 6.92 Å². The van der Waals surface area contributed by atoms with Crippen LogP contribution < -0.4 is 10.6 Å². The highest BCUT2D eigenvalue weighted by Gasteiger charge is 2.24. The molecule has 0 atom stereocenters. The zero-order chi connectivity index (χ0) is 15.6. The molecular weight excluding hydrogens is 271 g/mol. The van der Waals surface area contributed by atoms with Crippen LogP contribution in [0.1, 0.15) is 30.0 Å². The number of rotatable bonds is 4. The van der Waals surface area contributed by atoms with Crippen molar-refractivity contribution in [2.45, 2.75) is 20.3 Å². The Bertz CT molecular complexity index is 648. The molecule has 112 valence electrons. The second-order valence-electron chi connectivity index (χ2n) is 4.71. The van der Waals surface area contributed by atoms with Crippen LogP contribution in [-0.4, -0.2) is 22.2 Å². The van der Waals surface area contributed by atoms with Crippen molar-refractivity contribution in [2.24, 2.45) is 7.05 Å². The van der Waals surface area contributed by atoms with Crippen molar-refractivity contribution in [3.8, 4) is 0 Å². The second-order valence-corrected chi connectivity index (χ2v) is 4.71. The van der Waals surface area contributed by atoms with Gasteiger partial charge in [-0.25, -0.2) is 4.39 Å². The number of nitrogens with two attached hydrogens (primary N) is 1. The van der Waals surface area contributed by atoms with E-state index < -0.39 is 0 Å². The van der Waals surface area contributed by atoms with Gasteiger partial charge in [-0.15, -0.1) is 0 Å². The van der Waals surface area contributed by atoms with Crippen LogP contribution in [0.4, 0.5) is 15.8 Å². The maximum absolute atomic E-state index is 13.0. The summed E-state index contributed by atoms with van der Waals surface area (Å²) in [6.45, 7) is 4.25. The van der Waals surface area contributed by atoms with E-state index in [-0.39, 0.29) is 11.7 Å². The molecule has 2 rings (SSSR count). The van der Waals surface area contributed by atoms with Gasteiger partial charge in [0, 0.05) is 19.3 Å². The molecule has 21 heavy (non-hydrogen) atoms. The number of hydrogen-bond acceptors (Lipinski definition) is 3. The molecule has 1 heterocycles. The van der Waals surface area contributed by atoms with Crippen LogP contribution in [0, 0.1) is 5.82 Å². The van der Waals surface area contributed by atoms with Gasteiger partial charge in [-0.2, -0.15) is 5.10 Å². The zero-order valence-electron chi connectivity index (χ0n) is 12.4. The van der Waals surface area contributed by atoms with Crippen molar-refractivity contribution in [1.82, 2.24) is 9.78 Å². The first kappa shape index (κ1) is 15.0. The molecule has 2 aromatic rings. The molecule has 0 unspecified atom stereocenters. The summed E-state index contributed by atoms with van der Waals surface area (Å²) in [6, 6.07) is 5.80. The van der Waals surface area contributed by atoms with E-state index in [0.29, 0.717) is 35.7 Å². The quantitative estimate of drug-likeness (QED) is 0.940. The molecule has 0 spiro atoms. The first-order valence-electron chi connectivity index (χ1n) is 6.88. The minimum absolute atomic E-state index is 0.240. The molecule has 1 aromatic heterocycles. The Morgan fingerprint density at radius 3 is 2.43 bits per heavy atom. The summed E-state index contributed by atoms with van der Waals surface area (Å²) in [6.07, 6.45) is 0.662. The van der Waals surface area contributed by atoms with E-state index in [1.165, 1.54) is 16.8 Å². The number of halogens is 1. The van der Waals surface area contributed by atoms with Crippen LogP contribution in [0.5, 0.6) is 0 Å². The minimum Gasteiger partial charge on any atom is -0.395 e. The number of anilines is 2. The van der Waals surface area contributed by atoms with Crippen molar-refractivity contribution >= 4 is 17.3 Å². The fourth-order valence-corrected chi connectivity index (χ4v) is 2.30. The number of aromatic nitrogens is 2. The van der Waals surface area contributed by atoms with Crippen LogP contribution in [0.2, 0.25) is 0 Å². The Labute approximate surface area is 123 Å². The number of nitrogens with zero attached hydrogens (tertiary/aromatic N) is 3.